The van der Waals surface area contributed by atoms with Crippen LogP contribution in [0.4, 0.5) is 0 Å². The van der Waals surface area contributed by atoms with Gasteiger partial charge in [0.15, 0.2) is 5.75 Å². The summed E-state index contributed by atoms with van der Waals surface area (Å²) in [6, 6.07) is 24.5. The third kappa shape index (κ3) is 3.76. The van der Waals surface area contributed by atoms with Crippen molar-refractivity contribution in [1.82, 2.24) is 4.98 Å². The van der Waals surface area contributed by atoms with Crippen LogP contribution in [0.3, 0.4) is 0 Å². The Morgan fingerprint density at radius 3 is 2.54 bits per heavy atom. The highest BCUT2D eigenvalue weighted by atomic mass is 16.5. The maximum absolute atomic E-state index is 13.4. The second-order valence-electron chi connectivity index (χ2n) is 9.05. The first kappa shape index (κ1) is 22.4. The van der Waals surface area contributed by atoms with Crippen LogP contribution in [-0.2, 0) is 0 Å². The SMILES string of the molecule is Cc1ccc(Oc2nc3ccccc3cc2C2C(C#N)=C(N)Oc3c2c(=O)oc2ccc(C)cc32)cc1. The summed E-state index contributed by atoms with van der Waals surface area (Å²) in [7, 11) is 0. The Balaban J connectivity index is 1.66. The highest BCUT2D eigenvalue weighted by Crippen LogP contribution is 2.46. The molecule has 1 aliphatic rings. The minimum atomic E-state index is -0.910. The number of allylic oxidation sites excluding steroid dienone is 1. The minimum absolute atomic E-state index is 0.0807. The van der Waals surface area contributed by atoms with Crippen molar-refractivity contribution in [2.75, 3.05) is 0 Å². The van der Waals surface area contributed by atoms with Gasteiger partial charge in [-0.05, 0) is 50.2 Å². The fourth-order valence-electron chi connectivity index (χ4n) is 4.67. The summed E-state index contributed by atoms with van der Waals surface area (Å²) in [5.74, 6) is 0.101. The van der Waals surface area contributed by atoms with Crippen LogP contribution in [0.5, 0.6) is 17.4 Å². The smallest absolute Gasteiger partial charge is 0.344 e. The lowest BCUT2D eigenvalue weighted by molar-refractivity contribution is 0.385. The number of fused-ring (bicyclic) bond motifs is 4. The molecule has 0 spiro atoms. The molecule has 3 heterocycles. The van der Waals surface area contributed by atoms with Crippen LogP contribution in [0.1, 0.15) is 28.2 Å². The third-order valence-corrected chi connectivity index (χ3v) is 6.49. The lowest BCUT2D eigenvalue weighted by Crippen LogP contribution is -2.26. The number of para-hydroxylation sites is 1. The number of ether oxygens (including phenoxy) is 2. The van der Waals surface area contributed by atoms with Gasteiger partial charge in [0.25, 0.3) is 0 Å². The van der Waals surface area contributed by atoms with Crippen molar-refractivity contribution in [3.05, 3.63) is 117 Å². The Hall–Kier alpha value is -5.09. The van der Waals surface area contributed by atoms with E-state index in [1.54, 1.807) is 6.07 Å². The Bertz CT molecular complexity index is 1850. The number of nitrogens with zero attached hydrogens (tertiary/aromatic N) is 2. The molecular weight excluding hydrogens is 466 g/mol. The second-order valence-corrected chi connectivity index (χ2v) is 9.05. The van der Waals surface area contributed by atoms with E-state index >= 15 is 0 Å². The van der Waals surface area contributed by atoms with E-state index in [1.165, 1.54) is 0 Å². The van der Waals surface area contributed by atoms with Crippen molar-refractivity contribution >= 4 is 21.9 Å². The van der Waals surface area contributed by atoms with Gasteiger partial charge in [-0.3, -0.25) is 0 Å². The number of hydrogen-bond acceptors (Lipinski definition) is 7. The Morgan fingerprint density at radius 2 is 1.76 bits per heavy atom. The maximum atomic E-state index is 13.4. The summed E-state index contributed by atoms with van der Waals surface area (Å²) < 4.78 is 17.9. The van der Waals surface area contributed by atoms with Gasteiger partial charge in [0.1, 0.15) is 23.0 Å². The molecule has 0 radical (unpaired) electrons. The number of benzene rings is 3. The van der Waals surface area contributed by atoms with Crippen LogP contribution >= 0.6 is 0 Å². The fraction of sp³-hybridized carbons (Fsp3) is 0.100. The van der Waals surface area contributed by atoms with E-state index in [2.05, 4.69) is 6.07 Å². The number of rotatable bonds is 3. The van der Waals surface area contributed by atoms with Gasteiger partial charge in [-0.15, -0.1) is 0 Å². The molecule has 0 fully saturated rings. The van der Waals surface area contributed by atoms with Gasteiger partial charge in [-0.2, -0.15) is 5.26 Å². The summed E-state index contributed by atoms with van der Waals surface area (Å²) in [6.07, 6.45) is 0. The van der Waals surface area contributed by atoms with E-state index < -0.39 is 11.5 Å². The maximum Gasteiger partial charge on any atom is 0.344 e. The average Bonchev–Trinajstić information content (AvgIpc) is 2.89. The minimum Gasteiger partial charge on any atom is -0.439 e. The van der Waals surface area contributed by atoms with E-state index in [1.807, 2.05) is 80.6 Å². The zero-order valence-corrected chi connectivity index (χ0v) is 20.1. The monoisotopic (exact) mass is 487 g/mol. The molecular formula is C30H21N3O4. The molecule has 180 valence electrons. The molecule has 2 N–H and O–H groups in total. The van der Waals surface area contributed by atoms with Crippen LogP contribution in [0.15, 0.2) is 93.5 Å². The van der Waals surface area contributed by atoms with Gasteiger partial charge in [-0.1, -0.05) is 47.5 Å². The van der Waals surface area contributed by atoms with Gasteiger partial charge in [0.2, 0.25) is 11.8 Å². The van der Waals surface area contributed by atoms with Crippen molar-refractivity contribution in [2.45, 2.75) is 19.8 Å². The van der Waals surface area contributed by atoms with E-state index in [9.17, 15) is 10.1 Å². The third-order valence-electron chi connectivity index (χ3n) is 6.49. The predicted octanol–water partition coefficient (Wildman–Crippen LogP) is 5.97. The van der Waals surface area contributed by atoms with Gasteiger partial charge in [0.05, 0.1) is 22.4 Å². The molecule has 0 saturated heterocycles. The zero-order valence-electron chi connectivity index (χ0n) is 20.1. The second kappa shape index (κ2) is 8.54. The topological polar surface area (TPSA) is 111 Å². The highest BCUT2D eigenvalue weighted by molar-refractivity contribution is 5.87. The summed E-state index contributed by atoms with van der Waals surface area (Å²) in [5, 5.41) is 11.5. The van der Waals surface area contributed by atoms with Crippen molar-refractivity contribution < 1.29 is 13.9 Å². The molecule has 2 aromatic heterocycles. The molecule has 1 unspecified atom stereocenters. The number of aromatic nitrogens is 1. The molecule has 0 bridgehead atoms. The van der Waals surface area contributed by atoms with E-state index in [0.29, 0.717) is 27.8 Å². The first-order chi connectivity index (χ1) is 17.9. The largest absolute Gasteiger partial charge is 0.439 e. The van der Waals surface area contributed by atoms with Crippen LogP contribution in [0.2, 0.25) is 0 Å². The summed E-state index contributed by atoms with van der Waals surface area (Å²) >= 11 is 0. The van der Waals surface area contributed by atoms with Gasteiger partial charge < -0.3 is 19.6 Å². The molecule has 6 rings (SSSR count). The van der Waals surface area contributed by atoms with Crippen LogP contribution in [0.25, 0.3) is 21.9 Å². The standard InChI is InChI=1S/C30H21N3O4/c1-16-7-10-19(11-8-16)35-29-21(14-18-5-3-4-6-23(18)33-29)25-22(15-31)28(32)37-27-20-13-17(2)9-12-24(20)36-30(34)26(25)27/h3-14,25H,32H2,1-2H3. The lowest BCUT2D eigenvalue weighted by Gasteiger charge is -2.27. The molecule has 7 heteroatoms. The number of aryl methyl sites for hydroxylation is 2. The van der Waals surface area contributed by atoms with E-state index in [4.69, 9.17) is 24.6 Å². The average molecular weight is 488 g/mol. The molecule has 7 nitrogen and oxygen atoms in total. The Kier molecular flexibility index (Phi) is 5.16. The Morgan fingerprint density at radius 1 is 1.00 bits per heavy atom. The van der Waals surface area contributed by atoms with E-state index in [-0.39, 0.29) is 28.6 Å². The Labute approximate surface area is 212 Å². The summed E-state index contributed by atoms with van der Waals surface area (Å²) in [6.45, 7) is 3.92. The van der Waals surface area contributed by atoms with Gasteiger partial charge >= 0.3 is 5.63 Å². The molecule has 5 aromatic rings. The van der Waals surface area contributed by atoms with Gasteiger partial charge in [0, 0.05) is 10.9 Å². The number of hydrogen-bond donors (Lipinski definition) is 1. The van der Waals surface area contributed by atoms with Crippen LogP contribution in [-0.4, -0.2) is 4.98 Å². The molecule has 0 aliphatic carbocycles. The van der Waals surface area contributed by atoms with Crippen molar-refractivity contribution in [1.29, 1.82) is 5.26 Å². The zero-order chi connectivity index (χ0) is 25.7. The first-order valence-electron chi connectivity index (χ1n) is 11.7. The summed E-state index contributed by atoms with van der Waals surface area (Å²) in [5.41, 5.74) is 9.53. The first-order valence-corrected chi connectivity index (χ1v) is 11.7. The molecule has 1 aliphatic heterocycles. The summed E-state index contributed by atoms with van der Waals surface area (Å²) in [4.78, 5) is 18.2. The molecule has 0 saturated carbocycles. The predicted molar refractivity (Wildman–Crippen MR) is 140 cm³/mol. The van der Waals surface area contributed by atoms with Crippen LogP contribution < -0.4 is 20.8 Å². The molecule has 37 heavy (non-hydrogen) atoms. The van der Waals surface area contributed by atoms with Crippen molar-refractivity contribution in [3.8, 4) is 23.4 Å². The molecule has 3 aromatic carbocycles. The highest BCUT2D eigenvalue weighted by Gasteiger charge is 2.38. The normalized spacial score (nSPS) is 14.8. The van der Waals surface area contributed by atoms with Crippen molar-refractivity contribution in [3.63, 3.8) is 0 Å². The number of pyridine rings is 1. The lowest BCUT2D eigenvalue weighted by atomic mass is 9.83. The quantitative estimate of drug-likeness (QED) is 0.312. The van der Waals surface area contributed by atoms with Gasteiger partial charge in [-0.25, -0.2) is 9.78 Å². The van der Waals surface area contributed by atoms with E-state index in [0.717, 1.165) is 16.5 Å². The van der Waals surface area contributed by atoms with Crippen molar-refractivity contribution in [2.24, 2.45) is 5.73 Å². The molecule has 1 atom stereocenters. The van der Waals surface area contributed by atoms with Crippen LogP contribution in [0, 0.1) is 25.2 Å². The molecule has 0 amide bonds. The number of nitrogens with two attached hydrogens (primary N) is 1. The number of nitriles is 1. The fourth-order valence-corrected chi connectivity index (χ4v) is 4.67.